The molecule has 0 radical (unpaired) electrons. The molecule has 0 aliphatic rings. The lowest BCUT2D eigenvalue weighted by atomic mass is 10.1. The highest BCUT2D eigenvalue weighted by Crippen LogP contribution is 2.33. The van der Waals surface area contributed by atoms with Crippen molar-refractivity contribution in [1.82, 2.24) is 0 Å². The smallest absolute Gasteiger partial charge is 0.265 e. The van der Waals surface area contributed by atoms with Gasteiger partial charge in [0.2, 0.25) is 0 Å². The molecule has 0 saturated carbocycles. The Morgan fingerprint density at radius 2 is 1.92 bits per heavy atom. The monoisotopic (exact) mass is 405 g/mol. The van der Waals surface area contributed by atoms with Gasteiger partial charge in [-0.2, -0.15) is 0 Å². The molecular formula is C19H20BrNO4. The van der Waals surface area contributed by atoms with E-state index in [1.807, 2.05) is 32.0 Å². The van der Waals surface area contributed by atoms with Crippen LogP contribution in [0.25, 0.3) is 0 Å². The molecule has 0 fully saturated rings. The normalized spacial score (nSPS) is 11.6. The van der Waals surface area contributed by atoms with Gasteiger partial charge in [-0.05, 0) is 66.0 Å². The summed E-state index contributed by atoms with van der Waals surface area (Å²) >= 11 is 3.29. The van der Waals surface area contributed by atoms with E-state index in [4.69, 9.17) is 9.47 Å². The molecule has 0 unspecified atom stereocenters. The minimum Gasteiger partial charge on any atom is -0.493 e. The Balaban J connectivity index is 2.18. The van der Waals surface area contributed by atoms with Gasteiger partial charge in [0.1, 0.15) is 0 Å². The van der Waals surface area contributed by atoms with E-state index in [9.17, 15) is 9.59 Å². The van der Waals surface area contributed by atoms with Gasteiger partial charge in [-0.15, -0.1) is 0 Å². The minimum absolute atomic E-state index is 0.286. The van der Waals surface area contributed by atoms with Crippen LogP contribution in [0.15, 0.2) is 34.8 Å². The van der Waals surface area contributed by atoms with Crippen molar-refractivity contribution in [1.29, 1.82) is 0 Å². The van der Waals surface area contributed by atoms with Crippen LogP contribution in [0, 0.1) is 13.8 Å². The molecule has 2 rings (SSSR count). The topological polar surface area (TPSA) is 64.6 Å². The summed E-state index contributed by atoms with van der Waals surface area (Å²) in [5.41, 5.74) is 3.19. The van der Waals surface area contributed by atoms with Crippen LogP contribution in [0.4, 0.5) is 5.69 Å². The summed E-state index contributed by atoms with van der Waals surface area (Å²) in [7, 11) is 1.50. The summed E-state index contributed by atoms with van der Waals surface area (Å²) in [6.07, 6.45) is -0.0634. The summed E-state index contributed by atoms with van der Waals surface area (Å²) in [6.45, 7) is 5.53. The average Bonchev–Trinajstić information content (AvgIpc) is 2.59. The highest BCUT2D eigenvalue weighted by atomic mass is 79.9. The number of aryl methyl sites for hydroxylation is 2. The Morgan fingerprint density at radius 1 is 1.20 bits per heavy atom. The molecule has 0 aliphatic heterocycles. The maximum Gasteiger partial charge on any atom is 0.265 e. The third-order valence-corrected chi connectivity index (χ3v) is 4.42. The van der Waals surface area contributed by atoms with Crippen molar-refractivity contribution in [2.45, 2.75) is 26.9 Å². The average molecular weight is 406 g/mol. The molecule has 0 aromatic heterocycles. The van der Waals surface area contributed by atoms with Crippen molar-refractivity contribution in [3.8, 4) is 11.5 Å². The largest absolute Gasteiger partial charge is 0.493 e. The van der Waals surface area contributed by atoms with Crippen molar-refractivity contribution in [2.24, 2.45) is 0 Å². The number of hydrogen-bond donors (Lipinski definition) is 1. The lowest BCUT2D eigenvalue weighted by Crippen LogP contribution is -2.30. The number of nitrogens with one attached hydrogen (secondary N) is 1. The zero-order valence-corrected chi connectivity index (χ0v) is 16.1. The van der Waals surface area contributed by atoms with E-state index in [0.717, 1.165) is 16.8 Å². The zero-order chi connectivity index (χ0) is 18.6. The number of halogens is 1. The van der Waals surface area contributed by atoms with Gasteiger partial charge in [0.25, 0.3) is 5.91 Å². The van der Waals surface area contributed by atoms with Crippen LogP contribution >= 0.6 is 15.9 Å². The third kappa shape index (κ3) is 4.60. The third-order valence-electron chi connectivity index (χ3n) is 3.73. The molecule has 132 valence electrons. The zero-order valence-electron chi connectivity index (χ0n) is 14.6. The first-order valence-corrected chi connectivity index (χ1v) is 8.52. The summed E-state index contributed by atoms with van der Waals surface area (Å²) in [4.78, 5) is 23.5. The second-order valence-corrected chi connectivity index (χ2v) is 6.56. The van der Waals surface area contributed by atoms with Gasteiger partial charge < -0.3 is 14.8 Å². The van der Waals surface area contributed by atoms with Gasteiger partial charge in [0.05, 0.1) is 7.11 Å². The number of aldehydes is 1. The molecule has 6 heteroatoms. The van der Waals surface area contributed by atoms with Crippen LogP contribution in [-0.4, -0.2) is 25.4 Å². The number of hydrogen-bond acceptors (Lipinski definition) is 4. The van der Waals surface area contributed by atoms with E-state index in [1.165, 1.54) is 13.2 Å². The molecule has 0 bridgehead atoms. The van der Waals surface area contributed by atoms with Crippen LogP contribution in [0.2, 0.25) is 0 Å². The fraction of sp³-hybridized carbons (Fsp3) is 0.263. The number of benzene rings is 2. The van der Waals surface area contributed by atoms with E-state index in [-0.39, 0.29) is 5.91 Å². The number of carbonyl (C=O) groups is 2. The number of anilines is 1. The first-order chi connectivity index (χ1) is 11.8. The Hall–Kier alpha value is -2.34. The fourth-order valence-electron chi connectivity index (χ4n) is 2.24. The molecule has 25 heavy (non-hydrogen) atoms. The number of methoxy groups -OCH3 is 1. The Bertz CT molecular complexity index is 804. The van der Waals surface area contributed by atoms with Crippen LogP contribution in [0.3, 0.4) is 0 Å². The standard InChI is InChI=1S/C19H20BrNO4/c1-11-5-6-12(2)16(7-11)21-19(23)13(3)25-18-8-14(10-22)15(20)9-17(18)24-4/h5-10,13H,1-4H3,(H,21,23)/t13-/m0/s1. The van der Waals surface area contributed by atoms with Crippen molar-refractivity contribution in [3.63, 3.8) is 0 Å². The van der Waals surface area contributed by atoms with Gasteiger partial charge in [0, 0.05) is 15.7 Å². The van der Waals surface area contributed by atoms with E-state index in [2.05, 4.69) is 21.2 Å². The quantitative estimate of drug-likeness (QED) is 0.727. The molecule has 0 aliphatic carbocycles. The summed E-state index contributed by atoms with van der Waals surface area (Å²) in [6, 6.07) is 9.01. The minimum atomic E-state index is -0.769. The van der Waals surface area contributed by atoms with E-state index in [1.54, 1.807) is 13.0 Å². The molecular weight excluding hydrogens is 386 g/mol. The maximum atomic E-state index is 12.4. The van der Waals surface area contributed by atoms with Gasteiger partial charge in [-0.1, -0.05) is 12.1 Å². The maximum absolute atomic E-state index is 12.4. The molecule has 0 saturated heterocycles. The molecule has 0 spiro atoms. The number of amides is 1. The van der Waals surface area contributed by atoms with E-state index in [0.29, 0.717) is 27.8 Å². The first-order valence-electron chi connectivity index (χ1n) is 7.73. The Labute approximate surface area is 155 Å². The van der Waals surface area contributed by atoms with E-state index < -0.39 is 6.10 Å². The van der Waals surface area contributed by atoms with Crippen molar-refractivity contribution in [3.05, 3.63) is 51.5 Å². The molecule has 1 N–H and O–H groups in total. The van der Waals surface area contributed by atoms with Crippen molar-refractivity contribution >= 4 is 33.8 Å². The lowest BCUT2D eigenvalue weighted by molar-refractivity contribution is -0.122. The number of carbonyl (C=O) groups excluding carboxylic acids is 2. The molecule has 1 atom stereocenters. The van der Waals surface area contributed by atoms with Crippen LogP contribution in [0.5, 0.6) is 11.5 Å². The van der Waals surface area contributed by atoms with Crippen molar-refractivity contribution in [2.75, 3.05) is 12.4 Å². The molecule has 2 aromatic carbocycles. The molecule has 5 nitrogen and oxygen atoms in total. The molecule has 0 heterocycles. The van der Waals surface area contributed by atoms with Gasteiger partial charge in [-0.25, -0.2) is 0 Å². The highest BCUT2D eigenvalue weighted by molar-refractivity contribution is 9.10. The first kappa shape index (κ1) is 19.0. The summed E-state index contributed by atoms with van der Waals surface area (Å²) in [5.74, 6) is 0.478. The van der Waals surface area contributed by atoms with E-state index >= 15 is 0 Å². The summed E-state index contributed by atoms with van der Waals surface area (Å²) in [5, 5.41) is 2.86. The number of ether oxygens (including phenoxy) is 2. The van der Waals surface area contributed by atoms with Crippen molar-refractivity contribution < 1.29 is 19.1 Å². The predicted molar refractivity (Wildman–Crippen MR) is 101 cm³/mol. The number of rotatable bonds is 6. The predicted octanol–water partition coefficient (Wildman–Crippen LogP) is 4.29. The molecule has 1 amide bonds. The SMILES string of the molecule is COc1cc(Br)c(C=O)cc1O[C@@H](C)C(=O)Nc1cc(C)ccc1C. The molecule has 2 aromatic rings. The van der Waals surface area contributed by atoms with Crippen LogP contribution < -0.4 is 14.8 Å². The fourth-order valence-corrected chi connectivity index (χ4v) is 2.66. The Morgan fingerprint density at radius 3 is 2.56 bits per heavy atom. The van der Waals surface area contributed by atoms with Crippen LogP contribution in [-0.2, 0) is 4.79 Å². The highest BCUT2D eigenvalue weighted by Gasteiger charge is 2.19. The van der Waals surface area contributed by atoms with Crippen LogP contribution in [0.1, 0.15) is 28.4 Å². The van der Waals surface area contributed by atoms with Gasteiger partial charge in [-0.3, -0.25) is 9.59 Å². The Kier molecular flexibility index (Phi) is 6.20. The second kappa shape index (κ2) is 8.16. The second-order valence-electron chi connectivity index (χ2n) is 5.71. The van der Waals surface area contributed by atoms with Gasteiger partial charge in [0.15, 0.2) is 23.9 Å². The summed E-state index contributed by atoms with van der Waals surface area (Å²) < 4.78 is 11.6. The van der Waals surface area contributed by atoms with Gasteiger partial charge >= 0.3 is 0 Å². The lowest BCUT2D eigenvalue weighted by Gasteiger charge is -2.18.